The number of likely N-dealkylation sites (N-methyl/N-ethyl adjacent to an activating group) is 1. The highest BCUT2D eigenvalue weighted by molar-refractivity contribution is 5.86. The summed E-state index contributed by atoms with van der Waals surface area (Å²) in [4.78, 5) is 0. The molecule has 0 unspecified atom stereocenters. The Hall–Kier alpha value is -2.30. The molecule has 4 nitrogen and oxygen atoms in total. The molecular weight excluding hydrogens is 288 g/mol. The number of para-hydroxylation sites is 1. The second-order valence-electron chi connectivity index (χ2n) is 5.60. The number of aliphatic hydroxyl groups excluding tert-OH is 1. The van der Waals surface area contributed by atoms with Crippen molar-refractivity contribution < 1.29 is 9.84 Å². The predicted molar refractivity (Wildman–Crippen MR) is 93.0 cm³/mol. The number of rotatable bonds is 6. The van der Waals surface area contributed by atoms with E-state index in [1.807, 2.05) is 55.7 Å². The van der Waals surface area contributed by atoms with Gasteiger partial charge in [-0.15, -0.1) is 0 Å². The molecule has 0 aliphatic heterocycles. The molecule has 4 heteroatoms. The number of aliphatic hydroxyl groups is 1. The summed E-state index contributed by atoms with van der Waals surface area (Å²) >= 11 is 0. The Balaban J connectivity index is 2.17. The van der Waals surface area contributed by atoms with Crippen LogP contribution in [0.5, 0.6) is 5.75 Å². The van der Waals surface area contributed by atoms with Gasteiger partial charge < -0.3 is 19.7 Å². The molecule has 1 aromatic heterocycles. The van der Waals surface area contributed by atoms with Crippen LogP contribution in [-0.2, 0) is 0 Å². The van der Waals surface area contributed by atoms with Crippen LogP contribution in [0.1, 0.15) is 11.6 Å². The van der Waals surface area contributed by atoms with Crippen LogP contribution in [0.25, 0.3) is 10.9 Å². The zero-order valence-corrected chi connectivity index (χ0v) is 13.4. The van der Waals surface area contributed by atoms with Crippen molar-refractivity contribution in [1.82, 2.24) is 9.88 Å². The standard InChI is InChI=1S/C19H22N2O2/c1-20-13-16(22)18(14-7-4-3-5-8-14)21-12-11-15-9-6-10-17(23-2)19(15)21/h3-12,16,18,20,22H,13H2,1-2H3/t16-,18+/m1/s1. The number of methoxy groups -OCH3 is 1. The highest BCUT2D eigenvalue weighted by atomic mass is 16.5. The smallest absolute Gasteiger partial charge is 0.143 e. The second-order valence-corrected chi connectivity index (χ2v) is 5.60. The van der Waals surface area contributed by atoms with Crippen LogP contribution in [0.4, 0.5) is 0 Å². The predicted octanol–water partition coefficient (Wildman–Crippen LogP) is 2.82. The van der Waals surface area contributed by atoms with E-state index in [0.29, 0.717) is 6.54 Å². The number of hydrogen-bond donors (Lipinski definition) is 2. The lowest BCUT2D eigenvalue weighted by atomic mass is 10.0. The summed E-state index contributed by atoms with van der Waals surface area (Å²) in [6.07, 6.45) is 1.46. The first-order valence-corrected chi connectivity index (χ1v) is 7.77. The van der Waals surface area contributed by atoms with Gasteiger partial charge in [-0.25, -0.2) is 0 Å². The Morgan fingerprint density at radius 1 is 1.09 bits per heavy atom. The molecule has 0 aliphatic carbocycles. The van der Waals surface area contributed by atoms with Gasteiger partial charge in [-0.1, -0.05) is 42.5 Å². The maximum atomic E-state index is 10.7. The number of nitrogens with zero attached hydrogens (tertiary/aromatic N) is 1. The van der Waals surface area contributed by atoms with Crippen molar-refractivity contribution in [1.29, 1.82) is 0 Å². The molecule has 0 bridgehead atoms. The molecule has 0 radical (unpaired) electrons. The molecule has 1 heterocycles. The molecular formula is C19H22N2O2. The van der Waals surface area contributed by atoms with E-state index in [9.17, 15) is 5.11 Å². The Bertz CT molecular complexity index is 767. The van der Waals surface area contributed by atoms with E-state index in [2.05, 4.69) is 22.0 Å². The van der Waals surface area contributed by atoms with Gasteiger partial charge in [0.05, 0.1) is 24.8 Å². The summed E-state index contributed by atoms with van der Waals surface area (Å²) in [5, 5.41) is 14.9. The van der Waals surface area contributed by atoms with E-state index in [1.54, 1.807) is 7.11 Å². The molecule has 0 amide bonds. The molecule has 0 saturated heterocycles. The average Bonchev–Trinajstić information content (AvgIpc) is 3.00. The lowest BCUT2D eigenvalue weighted by molar-refractivity contribution is 0.132. The van der Waals surface area contributed by atoms with E-state index >= 15 is 0 Å². The van der Waals surface area contributed by atoms with Gasteiger partial charge in [-0.3, -0.25) is 0 Å². The summed E-state index contributed by atoms with van der Waals surface area (Å²) in [6.45, 7) is 0.508. The van der Waals surface area contributed by atoms with Crippen LogP contribution in [0.15, 0.2) is 60.8 Å². The van der Waals surface area contributed by atoms with Crippen molar-refractivity contribution in [3.63, 3.8) is 0 Å². The number of ether oxygens (including phenoxy) is 1. The summed E-state index contributed by atoms with van der Waals surface area (Å²) in [5.74, 6) is 0.810. The van der Waals surface area contributed by atoms with Crippen molar-refractivity contribution in [2.45, 2.75) is 12.1 Å². The van der Waals surface area contributed by atoms with Gasteiger partial charge in [0.25, 0.3) is 0 Å². The summed E-state index contributed by atoms with van der Waals surface area (Å²) in [7, 11) is 3.52. The summed E-state index contributed by atoms with van der Waals surface area (Å²) in [6, 6.07) is 17.9. The molecule has 2 atom stereocenters. The third-order valence-corrected chi connectivity index (χ3v) is 4.14. The lowest BCUT2D eigenvalue weighted by Crippen LogP contribution is -2.33. The molecule has 0 spiro atoms. The Labute approximate surface area is 136 Å². The van der Waals surface area contributed by atoms with Gasteiger partial charge in [0, 0.05) is 18.1 Å². The molecule has 0 fully saturated rings. The highest BCUT2D eigenvalue weighted by Gasteiger charge is 2.24. The van der Waals surface area contributed by atoms with Crippen LogP contribution >= 0.6 is 0 Å². The molecule has 0 saturated carbocycles. The van der Waals surface area contributed by atoms with Gasteiger partial charge in [-0.05, 0) is 24.7 Å². The van der Waals surface area contributed by atoms with Crippen molar-refractivity contribution in [3.05, 3.63) is 66.4 Å². The Morgan fingerprint density at radius 3 is 2.57 bits per heavy atom. The molecule has 0 aliphatic rings. The maximum absolute atomic E-state index is 10.7. The van der Waals surface area contributed by atoms with Gasteiger partial charge in [0.1, 0.15) is 5.75 Å². The quantitative estimate of drug-likeness (QED) is 0.736. The van der Waals surface area contributed by atoms with E-state index in [0.717, 1.165) is 22.2 Å². The third-order valence-electron chi connectivity index (χ3n) is 4.14. The van der Waals surface area contributed by atoms with Gasteiger partial charge in [0.2, 0.25) is 0 Å². The van der Waals surface area contributed by atoms with E-state index < -0.39 is 6.10 Å². The van der Waals surface area contributed by atoms with Gasteiger partial charge in [-0.2, -0.15) is 0 Å². The number of aromatic nitrogens is 1. The minimum Gasteiger partial charge on any atom is -0.495 e. The largest absolute Gasteiger partial charge is 0.495 e. The first kappa shape index (κ1) is 15.6. The van der Waals surface area contributed by atoms with Crippen molar-refractivity contribution in [2.24, 2.45) is 0 Å². The Morgan fingerprint density at radius 2 is 1.87 bits per heavy atom. The van der Waals surface area contributed by atoms with Gasteiger partial charge in [0.15, 0.2) is 0 Å². The number of fused-ring (bicyclic) bond motifs is 1. The van der Waals surface area contributed by atoms with Crippen LogP contribution in [0, 0.1) is 0 Å². The zero-order chi connectivity index (χ0) is 16.2. The fourth-order valence-corrected chi connectivity index (χ4v) is 3.12. The highest BCUT2D eigenvalue weighted by Crippen LogP contribution is 2.33. The van der Waals surface area contributed by atoms with E-state index in [4.69, 9.17) is 4.74 Å². The molecule has 3 aromatic rings. The van der Waals surface area contributed by atoms with Crippen LogP contribution in [0.2, 0.25) is 0 Å². The topological polar surface area (TPSA) is 46.4 Å². The fraction of sp³-hybridized carbons (Fsp3) is 0.263. The van der Waals surface area contributed by atoms with Crippen molar-refractivity contribution in [2.75, 3.05) is 20.7 Å². The number of nitrogens with one attached hydrogen (secondary N) is 1. The van der Waals surface area contributed by atoms with E-state index in [1.165, 1.54) is 0 Å². The molecule has 23 heavy (non-hydrogen) atoms. The zero-order valence-electron chi connectivity index (χ0n) is 13.4. The molecule has 120 valence electrons. The lowest BCUT2D eigenvalue weighted by Gasteiger charge is -2.26. The van der Waals surface area contributed by atoms with Crippen LogP contribution in [-0.4, -0.2) is 36.5 Å². The normalized spacial score (nSPS) is 13.9. The van der Waals surface area contributed by atoms with Crippen LogP contribution < -0.4 is 10.1 Å². The Kier molecular flexibility index (Phi) is 4.65. The minimum atomic E-state index is -0.553. The SMILES string of the molecule is CNC[C@@H](O)[C@H](c1ccccc1)n1ccc2cccc(OC)c21. The third kappa shape index (κ3) is 2.96. The first-order valence-electron chi connectivity index (χ1n) is 7.77. The maximum Gasteiger partial charge on any atom is 0.143 e. The number of hydrogen-bond acceptors (Lipinski definition) is 3. The first-order chi connectivity index (χ1) is 11.3. The fourth-order valence-electron chi connectivity index (χ4n) is 3.12. The van der Waals surface area contributed by atoms with Gasteiger partial charge >= 0.3 is 0 Å². The summed E-state index contributed by atoms with van der Waals surface area (Å²) < 4.78 is 7.64. The molecule has 2 N–H and O–H groups in total. The average molecular weight is 310 g/mol. The van der Waals surface area contributed by atoms with Crippen molar-refractivity contribution >= 4 is 10.9 Å². The molecule has 3 rings (SSSR count). The monoisotopic (exact) mass is 310 g/mol. The molecule has 2 aromatic carbocycles. The van der Waals surface area contributed by atoms with Crippen molar-refractivity contribution in [3.8, 4) is 5.75 Å². The minimum absolute atomic E-state index is 0.183. The second kappa shape index (κ2) is 6.86. The van der Waals surface area contributed by atoms with Crippen LogP contribution in [0.3, 0.4) is 0 Å². The summed E-state index contributed by atoms with van der Waals surface area (Å²) in [5.41, 5.74) is 2.07. The number of benzene rings is 2. The van der Waals surface area contributed by atoms with E-state index in [-0.39, 0.29) is 6.04 Å².